The van der Waals surface area contributed by atoms with Gasteiger partial charge in [0.2, 0.25) is 0 Å². The Balaban J connectivity index is 2.04. The second-order valence-corrected chi connectivity index (χ2v) is 6.64. The van der Waals surface area contributed by atoms with E-state index in [1.807, 2.05) is 19.1 Å². The van der Waals surface area contributed by atoms with Crippen molar-refractivity contribution in [2.24, 2.45) is 5.73 Å². The van der Waals surface area contributed by atoms with Crippen LogP contribution in [0.3, 0.4) is 0 Å². The van der Waals surface area contributed by atoms with E-state index in [2.05, 4.69) is 0 Å². The summed E-state index contributed by atoms with van der Waals surface area (Å²) >= 11 is 7.46. The summed E-state index contributed by atoms with van der Waals surface area (Å²) in [4.78, 5) is 1.17. The molecule has 2 N–H and O–H groups in total. The van der Waals surface area contributed by atoms with Crippen molar-refractivity contribution in [1.82, 2.24) is 0 Å². The van der Waals surface area contributed by atoms with E-state index in [1.165, 1.54) is 17.0 Å². The molecule has 1 unspecified atom stereocenters. The molecule has 0 fully saturated rings. The van der Waals surface area contributed by atoms with Crippen molar-refractivity contribution in [3.05, 3.63) is 57.0 Å². The molecule has 0 saturated heterocycles. The molecular weight excluding hydrogens is 269 g/mol. The van der Waals surface area contributed by atoms with E-state index in [0.29, 0.717) is 6.42 Å². The summed E-state index contributed by atoms with van der Waals surface area (Å²) in [6, 6.07) is 10.4. The minimum Gasteiger partial charge on any atom is -0.325 e. The van der Waals surface area contributed by atoms with E-state index >= 15 is 0 Å². The van der Waals surface area contributed by atoms with E-state index < -0.39 is 0 Å². The Hall–Kier alpha value is -0.900. The van der Waals surface area contributed by atoms with Crippen LogP contribution in [0.4, 0.5) is 4.39 Å². The molecule has 18 heavy (non-hydrogen) atoms. The van der Waals surface area contributed by atoms with Gasteiger partial charge in [-0.1, -0.05) is 23.7 Å². The summed E-state index contributed by atoms with van der Waals surface area (Å²) in [6.07, 6.45) is 1.48. The van der Waals surface area contributed by atoms with Gasteiger partial charge < -0.3 is 5.73 Å². The lowest BCUT2D eigenvalue weighted by atomic mass is 9.90. The van der Waals surface area contributed by atoms with E-state index in [1.54, 1.807) is 23.5 Å². The molecule has 0 aliphatic carbocycles. The maximum atomic E-state index is 12.8. The molecule has 0 aliphatic rings. The van der Waals surface area contributed by atoms with Gasteiger partial charge in [0.25, 0.3) is 0 Å². The topological polar surface area (TPSA) is 26.0 Å². The summed E-state index contributed by atoms with van der Waals surface area (Å²) < 4.78 is 13.6. The first-order valence-corrected chi connectivity index (χ1v) is 6.92. The zero-order valence-electron chi connectivity index (χ0n) is 10.1. The van der Waals surface area contributed by atoms with Crippen molar-refractivity contribution < 1.29 is 4.39 Å². The highest BCUT2D eigenvalue weighted by molar-refractivity contribution is 7.16. The first-order chi connectivity index (χ1) is 8.44. The smallest absolute Gasteiger partial charge is 0.123 e. The Labute approximate surface area is 115 Å². The van der Waals surface area contributed by atoms with Crippen LogP contribution in [0.1, 0.15) is 17.4 Å². The molecule has 0 amide bonds. The fourth-order valence-corrected chi connectivity index (χ4v) is 3.26. The molecule has 2 rings (SSSR count). The molecule has 0 spiro atoms. The monoisotopic (exact) mass is 283 g/mol. The van der Waals surface area contributed by atoms with Crippen LogP contribution in [0.5, 0.6) is 0 Å². The standard InChI is InChI=1S/C14H15ClFNS/c1-14(17,9-12-6-7-13(15)18-12)8-10-2-4-11(16)5-3-10/h2-7H,8-9,17H2,1H3. The number of rotatable bonds is 4. The Morgan fingerprint density at radius 3 is 2.39 bits per heavy atom. The van der Waals surface area contributed by atoms with Gasteiger partial charge in [-0.15, -0.1) is 11.3 Å². The van der Waals surface area contributed by atoms with Crippen LogP contribution in [-0.2, 0) is 12.8 Å². The zero-order chi connectivity index (χ0) is 13.2. The normalized spacial score (nSPS) is 14.4. The van der Waals surface area contributed by atoms with Crippen LogP contribution in [0.25, 0.3) is 0 Å². The van der Waals surface area contributed by atoms with E-state index in [9.17, 15) is 4.39 Å². The third kappa shape index (κ3) is 3.80. The number of halogens is 2. The van der Waals surface area contributed by atoms with Gasteiger partial charge in [0.15, 0.2) is 0 Å². The summed E-state index contributed by atoms with van der Waals surface area (Å²) in [5, 5.41) is 0. The Kier molecular flexibility index (Phi) is 4.05. The maximum Gasteiger partial charge on any atom is 0.123 e. The lowest BCUT2D eigenvalue weighted by molar-refractivity contribution is 0.466. The second-order valence-electron chi connectivity index (χ2n) is 4.84. The molecule has 1 nitrogen and oxygen atoms in total. The number of thiophene rings is 1. The van der Waals surface area contributed by atoms with Crippen LogP contribution in [0.15, 0.2) is 36.4 Å². The van der Waals surface area contributed by atoms with Crippen LogP contribution in [-0.4, -0.2) is 5.54 Å². The second kappa shape index (κ2) is 5.39. The van der Waals surface area contributed by atoms with Gasteiger partial charge in [-0.2, -0.15) is 0 Å². The minimum absolute atomic E-state index is 0.220. The largest absolute Gasteiger partial charge is 0.325 e. The van der Waals surface area contributed by atoms with Crippen LogP contribution < -0.4 is 5.73 Å². The predicted octanol–water partition coefficient (Wildman–Crippen LogP) is 4.04. The average Bonchev–Trinajstić information content (AvgIpc) is 2.66. The molecule has 96 valence electrons. The van der Waals surface area contributed by atoms with Crippen molar-refractivity contribution in [2.75, 3.05) is 0 Å². The summed E-state index contributed by atoms with van der Waals surface area (Å²) in [7, 11) is 0. The first kappa shape index (κ1) is 13.5. The molecule has 1 heterocycles. The third-order valence-electron chi connectivity index (χ3n) is 2.73. The molecule has 1 aromatic heterocycles. The highest BCUT2D eigenvalue weighted by atomic mass is 35.5. The first-order valence-electron chi connectivity index (χ1n) is 5.72. The van der Waals surface area contributed by atoms with Crippen LogP contribution in [0, 0.1) is 5.82 Å². The van der Waals surface area contributed by atoms with Gasteiger partial charge in [0, 0.05) is 10.4 Å². The van der Waals surface area contributed by atoms with Crippen molar-refractivity contribution in [3.8, 4) is 0 Å². The highest BCUT2D eigenvalue weighted by Crippen LogP contribution is 2.25. The molecule has 1 aromatic carbocycles. The summed E-state index contributed by atoms with van der Waals surface area (Å²) in [5.41, 5.74) is 6.99. The van der Waals surface area contributed by atoms with Crippen molar-refractivity contribution >= 4 is 22.9 Å². The Morgan fingerprint density at radius 2 is 1.83 bits per heavy atom. The van der Waals surface area contributed by atoms with Crippen LogP contribution >= 0.6 is 22.9 Å². The molecule has 2 aromatic rings. The highest BCUT2D eigenvalue weighted by Gasteiger charge is 2.20. The lowest BCUT2D eigenvalue weighted by Crippen LogP contribution is -2.40. The lowest BCUT2D eigenvalue weighted by Gasteiger charge is -2.24. The number of benzene rings is 1. The van der Waals surface area contributed by atoms with Gasteiger partial charge in [-0.05, 0) is 49.6 Å². The molecule has 1 atom stereocenters. The third-order valence-corrected chi connectivity index (χ3v) is 3.96. The van der Waals surface area contributed by atoms with Gasteiger partial charge >= 0.3 is 0 Å². The van der Waals surface area contributed by atoms with E-state index in [4.69, 9.17) is 17.3 Å². The molecule has 0 bridgehead atoms. The molecule has 0 radical (unpaired) electrons. The van der Waals surface area contributed by atoms with Gasteiger partial charge in [0.1, 0.15) is 5.82 Å². The molecular formula is C14H15ClFNS. The fraction of sp³-hybridized carbons (Fsp3) is 0.286. The summed E-state index contributed by atoms with van der Waals surface area (Å²) in [6.45, 7) is 2.00. The SMILES string of the molecule is CC(N)(Cc1ccc(F)cc1)Cc1ccc(Cl)s1. The minimum atomic E-state index is -0.355. The van der Waals surface area contributed by atoms with Gasteiger partial charge in [0.05, 0.1) is 4.34 Å². The Morgan fingerprint density at radius 1 is 1.17 bits per heavy atom. The van der Waals surface area contributed by atoms with Crippen molar-refractivity contribution in [2.45, 2.75) is 25.3 Å². The van der Waals surface area contributed by atoms with Crippen molar-refractivity contribution in [3.63, 3.8) is 0 Å². The number of nitrogens with two attached hydrogens (primary N) is 1. The molecule has 0 saturated carbocycles. The molecule has 0 aliphatic heterocycles. The van der Waals surface area contributed by atoms with Gasteiger partial charge in [-0.3, -0.25) is 0 Å². The number of hydrogen-bond acceptors (Lipinski definition) is 2. The Bertz CT molecular complexity index is 519. The van der Waals surface area contributed by atoms with Gasteiger partial charge in [-0.25, -0.2) is 4.39 Å². The average molecular weight is 284 g/mol. The van der Waals surface area contributed by atoms with E-state index in [-0.39, 0.29) is 11.4 Å². The predicted molar refractivity (Wildman–Crippen MR) is 75.7 cm³/mol. The fourth-order valence-electron chi connectivity index (χ4n) is 1.98. The number of hydrogen-bond donors (Lipinski definition) is 1. The van der Waals surface area contributed by atoms with Crippen LogP contribution in [0.2, 0.25) is 4.34 Å². The quantitative estimate of drug-likeness (QED) is 0.900. The summed E-state index contributed by atoms with van der Waals surface area (Å²) in [5.74, 6) is -0.220. The zero-order valence-corrected chi connectivity index (χ0v) is 11.7. The maximum absolute atomic E-state index is 12.8. The van der Waals surface area contributed by atoms with E-state index in [0.717, 1.165) is 16.3 Å². The molecule has 4 heteroatoms. The van der Waals surface area contributed by atoms with Crippen molar-refractivity contribution in [1.29, 1.82) is 0 Å².